The van der Waals surface area contributed by atoms with Gasteiger partial charge in [0.05, 0.1) is 30.8 Å². The van der Waals surface area contributed by atoms with Crippen molar-refractivity contribution in [1.82, 2.24) is 46.2 Å². The summed E-state index contributed by atoms with van der Waals surface area (Å²) in [7, 11) is 3.35. The first-order chi connectivity index (χ1) is 40.8. The van der Waals surface area contributed by atoms with E-state index in [2.05, 4.69) is 74.5 Å². The Hall–Kier alpha value is -7.38. The standard InChI is InChI=1S/C67H89N9O8/c1-50(68-5)64(79)71-62(66(81)75-40-24-35-58(75)48-73(42-38-55-28-15-10-16-29-55)60(77)37-23-34-54-26-13-9-14-27-54)52(3)83-44-21-7-8-22-45-84-53(4)63(72-65(80)51(2)69-6)67(82)76-41-25-36-59(76)49-74(43-39-56-30-17-11-18-31-56)61(78)47-70-46-57-32-19-12-20-33-57/h9-20,26-33,50-53,58-59,62-63,68-70H,23-25,34-49H2,1-6H3,(H,71,79)(H,72,80)/t50-,51-,52?,53+,58-,59?,62-,63-/m0/s1. The van der Waals surface area contributed by atoms with E-state index in [0.29, 0.717) is 84.3 Å². The Morgan fingerprint density at radius 2 is 0.940 bits per heavy atom. The molecule has 5 N–H and O–H groups in total. The highest BCUT2D eigenvalue weighted by molar-refractivity contribution is 5.91. The van der Waals surface area contributed by atoms with Crippen LogP contribution in [0.2, 0.25) is 0 Å². The van der Waals surface area contributed by atoms with Gasteiger partial charge in [0.15, 0.2) is 0 Å². The Bertz CT molecular complexity index is 2610. The van der Waals surface area contributed by atoms with Crippen molar-refractivity contribution >= 4 is 35.4 Å². The summed E-state index contributed by atoms with van der Waals surface area (Å²) in [5, 5.41) is 15.1. The van der Waals surface area contributed by atoms with Crippen LogP contribution in [-0.2, 0) is 64.0 Å². The smallest absolute Gasteiger partial charge is 0.248 e. The Kier molecular flexibility index (Phi) is 27.9. The van der Waals surface area contributed by atoms with Crippen molar-refractivity contribution < 1.29 is 38.2 Å². The van der Waals surface area contributed by atoms with Crippen LogP contribution in [0.15, 0.2) is 121 Å². The molecule has 0 radical (unpaired) electrons. The average molecular weight is 1150 g/mol. The highest BCUT2D eigenvalue weighted by Crippen LogP contribution is 2.24. The second kappa shape index (κ2) is 35.7. The van der Waals surface area contributed by atoms with Crippen molar-refractivity contribution in [2.24, 2.45) is 0 Å². The molecule has 17 heteroatoms. The third-order valence-electron chi connectivity index (χ3n) is 15.9. The number of likely N-dealkylation sites (tertiary alicyclic amines) is 2. The van der Waals surface area contributed by atoms with E-state index < -0.39 is 36.4 Å². The minimum Gasteiger partial charge on any atom is -0.363 e. The minimum atomic E-state index is -1.04. The monoisotopic (exact) mass is 1150 g/mol. The molecule has 0 saturated carbocycles. The van der Waals surface area contributed by atoms with Crippen molar-refractivity contribution in [3.8, 4) is 23.7 Å². The summed E-state index contributed by atoms with van der Waals surface area (Å²) >= 11 is 0. The first-order valence-corrected chi connectivity index (χ1v) is 29.9. The number of carbonyl (C=O) groups excluding carboxylic acids is 6. The van der Waals surface area contributed by atoms with Crippen LogP contribution in [0.25, 0.3) is 0 Å². The maximum Gasteiger partial charge on any atom is 0.248 e. The normalized spacial score (nSPS) is 16.8. The molecule has 2 aliphatic rings. The summed E-state index contributed by atoms with van der Waals surface area (Å²) in [5.41, 5.74) is 4.50. The lowest BCUT2D eigenvalue weighted by Gasteiger charge is -2.35. The Labute approximate surface area is 498 Å². The van der Waals surface area contributed by atoms with Crippen LogP contribution in [-0.4, -0.2) is 177 Å². The van der Waals surface area contributed by atoms with Gasteiger partial charge in [-0.3, -0.25) is 28.8 Å². The molecule has 2 unspecified atom stereocenters. The number of benzene rings is 4. The molecule has 2 saturated heterocycles. The molecule has 2 heterocycles. The molecule has 0 spiro atoms. The number of rotatable bonds is 32. The van der Waals surface area contributed by atoms with E-state index in [-0.39, 0.29) is 67.3 Å². The molecule has 2 fully saturated rings. The van der Waals surface area contributed by atoms with Gasteiger partial charge in [0.2, 0.25) is 35.4 Å². The molecule has 0 aliphatic carbocycles. The van der Waals surface area contributed by atoms with E-state index in [1.54, 1.807) is 51.6 Å². The van der Waals surface area contributed by atoms with Gasteiger partial charge in [-0.2, -0.15) is 0 Å². The molecular weight excluding hydrogens is 1060 g/mol. The molecule has 0 bridgehead atoms. The lowest BCUT2D eigenvalue weighted by molar-refractivity contribution is -0.143. The lowest BCUT2D eigenvalue weighted by Crippen LogP contribution is -2.59. The van der Waals surface area contributed by atoms with E-state index in [4.69, 9.17) is 9.47 Å². The predicted molar refractivity (Wildman–Crippen MR) is 328 cm³/mol. The fourth-order valence-corrected chi connectivity index (χ4v) is 10.5. The predicted octanol–water partition coefficient (Wildman–Crippen LogP) is 4.93. The largest absolute Gasteiger partial charge is 0.363 e. The molecule has 2 aliphatic heterocycles. The van der Waals surface area contributed by atoms with E-state index in [1.165, 1.54) is 5.56 Å². The summed E-state index contributed by atoms with van der Waals surface area (Å²) in [6.07, 6.45) is 4.58. The van der Waals surface area contributed by atoms with Gasteiger partial charge in [0.1, 0.15) is 25.3 Å². The van der Waals surface area contributed by atoms with Gasteiger partial charge in [-0.05, 0) is 127 Å². The Morgan fingerprint density at radius 3 is 1.36 bits per heavy atom. The fourth-order valence-electron chi connectivity index (χ4n) is 10.5. The van der Waals surface area contributed by atoms with Crippen LogP contribution in [0.5, 0.6) is 0 Å². The number of aryl methyl sites for hydroxylation is 1. The quantitative estimate of drug-likeness (QED) is 0.0417. The van der Waals surface area contributed by atoms with Crippen molar-refractivity contribution in [2.45, 2.75) is 140 Å². The van der Waals surface area contributed by atoms with Crippen LogP contribution in [0.1, 0.15) is 88.5 Å². The number of hydrogen-bond acceptors (Lipinski definition) is 11. The number of ether oxygens (including phenoxy) is 2. The maximum absolute atomic E-state index is 14.6. The van der Waals surface area contributed by atoms with Crippen molar-refractivity contribution in [3.05, 3.63) is 144 Å². The molecular formula is C67H89N9O8. The van der Waals surface area contributed by atoms with Crippen LogP contribution >= 0.6 is 0 Å². The van der Waals surface area contributed by atoms with E-state index in [9.17, 15) is 28.8 Å². The zero-order valence-electron chi connectivity index (χ0n) is 50.2. The summed E-state index contributed by atoms with van der Waals surface area (Å²) in [5.74, 6) is 10.0. The SMILES string of the molecule is CN[C@@H](C)C(=O)N[C@H](C(=O)N1CCC[C@H]1CN(CCc1ccccc1)C(=O)CCCc1ccccc1)C(C)OCC#CC#CCO[C@H](C)[C@H](NC(=O)[C@H](C)NC)C(=O)N1CCCC1CN(CCc1ccccc1)C(=O)CNCc1ccccc1. The van der Waals surface area contributed by atoms with Gasteiger partial charge in [-0.25, -0.2) is 0 Å². The molecule has 4 aromatic rings. The zero-order valence-corrected chi connectivity index (χ0v) is 50.2. The average Bonchev–Trinajstić information content (AvgIpc) is 4.42. The fraction of sp³-hybridized carbons (Fsp3) is 0.493. The van der Waals surface area contributed by atoms with Crippen LogP contribution in [0, 0.1) is 23.7 Å². The third kappa shape index (κ3) is 21.4. The molecule has 8 atom stereocenters. The molecule has 6 rings (SSSR count). The van der Waals surface area contributed by atoms with Gasteiger partial charge in [0.25, 0.3) is 0 Å². The number of amides is 6. The molecule has 6 amide bonds. The number of likely N-dealkylation sites (N-methyl/N-ethyl adjacent to an activating group) is 2. The van der Waals surface area contributed by atoms with Crippen molar-refractivity contribution in [1.29, 1.82) is 0 Å². The number of nitrogens with zero attached hydrogens (tertiary/aromatic N) is 4. The molecule has 4 aromatic carbocycles. The number of nitrogens with one attached hydrogen (secondary N) is 5. The minimum absolute atomic E-state index is 0.0507. The highest BCUT2D eigenvalue weighted by atomic mass is 16.5. The highest BCUT2D eigenvalue weighted by Gasteiger charge is 2.40. The first kappa shape index (κ1) is 65.8. The zero-order chi connectivity index (χ0) is 60.1. The van der Waals surface area contributed by atoms with Crippen molar-refractivity contribution in [2.75, 3.05) is 73.1 Å². The third-order valence-corrected chi connectivity index (χ3v) is 15.9. The van der Waals surface area contributed by atoms with Gasteiger partial charge < -0.3 is 55.7 Å². The van der Waals surface area contributed by atoms with Crippen LogP contribution in [0.3, 0.4) is 0 Å². The second-order valence-electron chi connectivity index (χ2n) is 21.9. The summed E-state index contributed by atoms with van der Waals surface area (Å²) in [6, 6.07) is 36.4. The Morgan fingerprint density at radius 1 is 0.548 bits per heavy atom. The number of hydrogen-bond donors (Lipinski definition) is 5. The Balaban J connectivity index is 1.06. The van der Waals surface area contributed by atoms with E-state index in [0.717, 1.165) is 36.0 Å². The van der Waals surface area contributed by atoms with Gasteiger partial charge in [-0.1, -0.05) is 133 Å². The lowest BCUT2D eigenvalue weighted by atomic mass is 10.1. The van der Waals surface area contributed by atoms with Gasteiger partial charge >= 0.3 is 0 Å². The summed E-state index contributed by atoms with van der Waals surface area (Å²) in [6.45, 7) is 10.0. The summed E-state index contributed by atoms with van der Waals surface area (Å²) in [4.78, 5) is 91.2. The van der Waals surface area contributed by atoms with Crippen LogP contribution in [0.4, 0.5) is 0 Å². The van der Waals surface area contributed by atoms with Crippen LogP contribution < -0.4 is 26.6 Å². The van der Waals surface area contributed by atoms with E-state index in [1.807, 2.05) is 107 Å². The molecule has 0 aromatic heterocycles. The first-order valence-electron chi connectivity index (χ1n) is 29.9. The topological polar surface area (TPSA) is 194 Å². The van der Waals surface area contributed by atoms with Gasteiger partial charge in [0, 0.05) is 64.3 Å². The van der Waals surface area contributed by atoms with E-state index >= 15 is 0 Å². The van der Waals surface area contributed by atoms with Gasteiger partial charge in [-0.15, -0.1) is 0 Å². The molecule has 84 heavy (non-hydrogen) atoms. The maximum atomic E-state index is 14.6. The molecule has 17 nitrogen and oxygen atoms in total. The molecule has 450 valence electrons. The van der Waals surface area contributed by atoms with Crippen molar-refractivity contribution in [3.63, 3.8) is 0 Å². The second-order valence-corrected chi connectivity index (χ2v) is 21.9. The number of carbonyl (C=O) groups is 6. The summed E-state index contributed by atoms with van der Waals surface area (Å²) < 4.78 is 12.2.